The third kappa shape index (κ3) is 3.26. The Balaban J connectivity index is 2.15. The molecule has 100 valence electrons. The summed E-state index contributed by atoms with van der Waals surface area (Å²) in [7, 11) is 0. The van der Waals surface area contributed by atoms with E-state index in [4.69, 9.17) is 0 Å². The van der Waals surface area contributed by atoms with Gasteiger partial charge in [0.1, 0.15) is 0 Å². The Morgan fingerprint density at radius 1 is 1.11 bits per heavy atom. The van der Waals surface area contributed by atoms with Gasteiger partial charge < -0.3 is 10.2 Å². The second kappa shape index (κ2) is 6.79. The molecule has 0 aromatic heterocycles. The van der Waals surface area contributed by atoms with Crippen LogP contribution in [0.5, 0.6) is 0 Å². The van der Waals surface area contributed by atoms with Gasteiger partial charge in [0.2, 0.25) is 0 Å². The minimum Gasteiger partial charge on any atom is -0.371 e. The van der Waals surface area contributed by atoms with Crippen LogP contribution < -0.4 is 10.2 Å². The van der Waals surface area contributed by atoms with E-state index in [1.165, 1.54) is 55.6 Å². The number of benzene rings is 1. The molecule has 0 bridgehead atoms. The van der Waals surface area contributed by atoms with Crippen molar-refractivity contribution in [3.8, 4) is 0 Å². The summed E-state index contributed by atoms with van der Waals surface area (Å²) >= 11 is 0. The van der Waals surface area contributed by atoms with Crippen molar-refractivity contribution in [1.82, 2.24) is 5.32 Å². The molecule has 0 unspecified atom stereocenters. The summed E-state index contributed by atoms with van der Waals surface area (Å²) in [5, 5.41) is 3.43. The molecule has 0 aliphatic carbocycles. The third-order valence-electron chi connectivity index (χ3n) is 3.93. The van der Waals surface area contributed by atoms with Crippen molar-refractivity contribution in [2.75, 3.05) is 24.5 Å². The van der Waals surface area contributed by atoms with E-state index in [0.717, 1.165) is 13.1 Å². The highest BCUT2D eigenvalue weighted by Gasteiger charge is 2.13. The van der Waals surface area contributed by atoms with Crippen LogP contribution in [0.1, 0.15) is 43.7 Å². The van der Waals surface area contributed by atoms with E-state index in [-0.39, 0.29) is 0 Å². The average Bonchev–Trinajstić information content (AvgIpc) is 2.66. The average molecular weight is 246 g/mol. The summed E-state index contributed by atoms with van der Waals surface area (Å²) < 4.78 is 0. The standard InChI is InChI=1S/C16H26N2/c1-3-17-13-15-9-8-10-16(14(15)2)18-11-6-4-5-7-12-18/h8-10,17H,3-7,11-13H2,1-2H3. The first kappa shape index (κ1) is 13.4. The summed E-state index contributed by atoms with van der Waals surface area (Å²) in [5.41, 5.74) is 4.35. The highest BCUT2D eigenvalue weighted by molar-refractivity contribution is 5.56. The molecule has 1 aliphatic heterocycles. The number of rotatable bonds is 4. The zero-order valence-corrected chi connectivity index (χ0v) is 11.8. The van der Waals surface area contributed by atoms with E-state index < -0.39 is 0 Å². The molecule has 1 aromatic rings. The number of hydrogen-bond donors (Lipinski definition) is 1. The third-order valence-corrected chi connectivity index (χ3v) is 3.93. The lowest BCUT2D eigenvalue weighted by Gasteiger charge is -2.26. The van der Waals surface area contributed by atoms with Crippen molar-refractivity contribution in [3.05, 3.63) is 29.3 Å². The fourth-order valence-corrected chi connectivity index (χ4v) is 2.78. The fraction of sp³-hybridized carbons (Fsp3) is 0.625. The van der Waals surface area contributed by atoms with Crippen LogP contribution in [0.4, 0.5) is 5.69 Å². The van der Waals surface area contributed by atoms with Gasteiger partial charge >= 0.3 is 0 Å². The predicted octanol–water partition coefficient (Wildman–Crippen LogP) is 3.48. The van der Waals surface area contributed by atoms with E-state index >= 15 is 0 Å². The molecule has 1 fully saturated rings. The van der Waals surface area contributed by atoms with Crippen molar-refractivity contribution >= 4 is 5.69 Å². The Hall–Kier alpha value is -1.02. The van der Waals surface area contributed by atoms with Crippen LogP contribution in [-0.2, 0) is 6.54 Å². The molecular formula is C16H26N2. The van der Waals surface area contributed by atoms with Gasteiger partial charge in [-0.2, -0.15) is 0 Å². The van der Waals surface area contributed by atoms with E-state index in [2.05, 4.69) is 42.3 Å². The summed E-state index contributed by atoms with van der Waals surface area (Å²) in [4.78, 5) is 2.58. The van der Waals surface area contributed by atoms with Crippen molar-refractivity contribution in [2.24, 2.45) is 0 Å². The number of nitrogens with zero attached hydrogens (tertiary/aromatic N) is 1. The Morgan fingerprint density at radius 3 is 2.50 bits per heavy atom. The smallest absolute Gasteiger partial charge is 0.0399 e. The molecule has 0 radical (unpaired) electrons. The van der Waals surface area contributed by atoms with Crippen molar-refractivity contribution < 1.29 is 0 Å². The van der Waals surface area contributed by atoms with Crippen LogP contribution in [0.3, 0.4) is 0 Å². The Kier molecular flexibility index (Phi) is 5.06. The van der Waals surface area contributed by atoms with Gasteiger partial charge in [-0.15, -0.1) is 0 Å². The second-order valence-electron chi connectivity index (χ2n) is 5.24. The number of nitrogens with one attached hydrogen (secondary N) is 1. The van der Waals surface area contributed by atoms with Gasteiger partial charge in [-0.25, -0.2) is 0 Å². The molecule has 1 aromatic carbocycles. The maximum atomic E-state index is 3.43. The zero-order valence-electron chi connectivity index (χ0n) is 11.8. The molecule has 18 heavy (non-hydrogen) atoms. The van der Waals surface area contributed by atoms with E-state index in [1.807, 2.05) is 0 Å². The topological polar surface area (TPSA) is 15.3 Å². The van der Waals surface area contributed by atoms with E-state index in [9.17, 15) is 0 Å². The normalized spacial score (nSPS) is 16.7. The summed E-state index contributed by atoms with van der Waals surface area (Å²) in [6, 6.07) is 6.75. The highest BCUT2D eigenvalue weighted by atomic mass is 15.1. The molecule has 0 atom stereocenters. The summed E-state index contributed by atoms with van der Waals surface area (Å²) in [5.74, 6) is 0. The highest BCUT2D eigenvalue weighted by Crippen LogP contribution is 2.25. The van der Waals surface area contributed by atoms with Crippen LogP contribution in [0.25, 0.3) is 0 Å². The van der Waals surface area contributed by atoms with Gasteiger partial charge in [0.05, 0.1) is 0 Å². The minimum absolute atomic E-state index is 0.990. The molecule has 0 saturated carbocycles. The molecular weight excluding hydrogens is 220 g/mol. The molecule has 2 heteroatoms. The first-order valence-electron chi connectivity index (χ1n) is 7.37. The quantitative estimate of drug-likeness (QED) is 0.875. The van der Waals surface area contributed by atoms with Crippen molar-refractivity contribution in [2.45, 2.75) is 46.1 Å². The van der Waals surface area contributed by atoms with Crippen LogP contribution in [-0.4, -0.2) is 19.6 Å². The minimum atomic E-state index is 0.990. The lowest BCUT2D eigenvalue weighted by Crippen LogP contribution is -2.25. The monoisotopic (exact) mass is 246 g/mol. The first-order valence-corrected chi connectivity index (χ1v) is 7.37. The Bertz CT molecular complexity index is 365. The van der Waals surface area contributed by atoms with Crippen LogP contribution in [0.2, 0.25) is 0 Å². The maximum absolute atomic E-state index is 3.43. The van der Waals surface area contributed by atoms with Gasteiger partial charge in [0.25, 0.3) is 0 Å². The van der Waals surface area contributed by atoms with Crippen molar-refractivity contribution in [3.63, 3.8) is 0 Å². The van der Waals surface area contributed by atoms with Gasteiger partial charge in [-0.1, -0.05) is 31.9 Å². The Labute approximate surface area is 111 Å². The molecule has 1 aliphatic rings. The van der Waals surface area contributed by atoms with Gasteiger partial charge in [-0.3, -0.25) is 0 Å². The number of anilines is 1. The lowest BCUT2D eigenvalue weighted by atomic mass is 10.1. The summed E-state index contributed by atoms with van der Waals surface area (Å²) in [6.45, 7) is 8.91. The summed E-state index contributed by atoms with van der Waals surface area (Å²) in [6.07, 6.45) is 5.48. The SMILES string of the molecule is CCNCc1cccc(N2CCCCCC2)c1C. The molecule has 1 saturated heterocycles. The first-order chi connectivity index (χ1) is 8.83. The van der Waals surface area contributed by atoms with E-state index in [0.29, 0.717) is 0 Å². The second-order valence-corrected chi connectivity index (χ2v) is 5.24. The molecule has 2 nitrogen and oxygen atoms in total. The fourth-order valence-electron chi connectivity index (χ4n) is 2.78. The maximum Gasteiger partial charge on any atom is 0.0399 e. The van der Waals surface area contributed by atoms with Gasteiger partial charge in [-0.05, 0) is 43.5 Å². The number of hydrogen-bond acceptors (Lipinski definition) is 2. The molecule has 1 N–H and O–H groups in total. The predicted molar refractivity (Wildman–Crippen MR) is 79.2 cm³/mol. The van der Waals surface area contributed by atoms with Gasteiger partial charge in [0, 0.05) is 25.3 Å². The van der Waals surface area contributed by atoms with Crippen molar-refractivity contribution in [1.29, 1.82) is 0 Å². The lowest BCUT2D eigenvalue weighted by molar-refractivity contribution is 0.721. The zero-order chi connectivity index (χ0) is 12.8. The largest absolute Gasteiger partial charge is 0.371 e. The molecule has 1 heterocycles. The molecule has 0 amide bonds. The van der Waals surface area contributed by atoms with Gasteiger partial charge in [0.15, 0.2) is 0 Å². The van der Waals surface area contributed by atoms with Crippen LogP contribution in [0, 0.1) is 6.92 Å². The Morgan fingerprint density at radius 2 is 1.83 bits per heavy atom. The molecule has 2 rings (SSSR count). The van der Waals surface area contributed by atoms with Crippen LogP contribution >= 0.6 is 0 Å². The molecule has 0 spiro atoms. The van der Waals surface area contributed by atoms with Crippen LogP contribution in [0.15, 0.2) is 18.2 Å². The van der Waals surface area contributed by atoms with E-state index in [1.54, 1.807) is 0 Å².